The number of anilines is 1. The molecule has 4 heterocycles. The van der Waals surface area contributed by atoms with Crippen LogP contribution < -0.4 is 4.90 Å². The predicted molar refractivity (Wildman–Crippen MR) is 99.1 cm³/mol. The number of aryl methyl sites for hydroxylation is 1. The first kappa shape index (κ1) is 16.2. The fourth-order valence-corrected chi connectivity index (χ4v) is 4.88. The molecule has 2 aromatic rings. The molecule has 0 amide bonds. The number of nitrogens with zero attached hydrogens (tertiary/aromatic N) is 5. The first-order valence-corrected chi connectivity index (χ1v) is 9.93. The van der Waals surface area contributed by atoms with Crippen LogP contribution in [0.25, 0.3) is 0 Å². The highest BCUT2D eigenvalue weighted by Gasteiger charge is 2.41. The molecule has 0 spiro atoms. The molecule has 0 saturated carbocycles. The summed E-state index contributed by atoms with van der Waals surface area (Å²) in [6.07, 6.45) is 5.16. The number of hydrogen-bond acceptors (Lipinski definition) is 6. The zero-order valence-electron chi connectivity index (χ0n) is 15.7. The van der Waals surface area contributed by atoms with Crippen molar-refractivity contribution in [1.82, 2.24) is 20.0 Å². The topological polar surface area (TPSA) is 58.3 Å². The van der Waals surface area contributed by atoms with E-state index in [1.807, 2.05) is 0 Å². The zero-order chi connectivity index (χ0) is 17.7. The quantitative estimate of drug-likeness (QED) is 0.842. The third-order valence-electron chi connectivity index (χ3n) is 6.31. The number of hydrogen-bond donors (Lipinski definition) is 0. The lowest BCUT2D eigenvalue weighted by Gasteiger charge is -2.22. The third-order valence-corrected chi connectivity index (χ3v) is 6.31. The van der Waals surface area contributed by atoms with Gasteiger partial charge in [0.15, 0.2) is 0 Å². The fourth-order valence-electron chi connectivity index (χ4n) is 4.88. The van der Waals surface area contributed by atoms with Gasteiger partial charge in [0.2, 0.25) is 0 Å². The lowest BCUT2D eigenvalue weighted by Crippen LogP contribution is -2.29. The first-order valence-electron chi connectivity index (χ1n) is 9.93. The minimum absolute atomic E-state index is 0.443. The average Bonchev–Trinajstić information content (AvgIpc) is 3.36. The largest absolute Gasteiger partial charge is 0.361 e. The second-order valence-electron chi connectivity index (χ2n) is 8.46. The van der Waals surface area contributed by atoms with E-state index in [-0.39, 0.29) is 0 Å². The molecule has 26 heavy (non-hydrogen) atoms. The third kappa shape index (κ3) is 2.80. The van der Waals surface area contributed by atoms with Gasteiger partial charge >= 0.3 is 0 Å². The summed E-state index contributed by atoms with van der Waals surface area (Å²) in [6, 6.07) is 2.17. The Labute approximate surface area is 154 Å². The van der Waals surface area contributed by atoms with Crippen molar-refractivity contribution in [1.29, 1.82) is 0 Å². The van der Waals surface area contributed by atoms with Crippen LogP contribution in [0.15, 0.2) is 16.9 Å². The molecule has 0 aromatic carbocycles. The molecule has 2 unspecified atom stereocenters. The van der Waals surface area contributed by atoms with E-state index < -0.39 is 0 Å². The number of aromatic nitrogens is 3. The van der Waals surface area contributed by atoms with Gasteiger partial charge in [0.05, 0.1) is 0 Å². The van der Waals surface area contributed by atoms with Gasteiger partial charge in [0, 0.05) is 56.5 Å². The van der Waals surface area contributed by atoms with Crippen molar-refractivity contribution in [3.63, 3.8) is 0 Å². The molecule has 0 N–H and O–H groups in total. The van der Waals surface area contributed by atoms with Crippen LogP contribution in [0, 0.1) is 11.8 Å². The van der Waals surface area contributed by atoms with Gasteiger partial charge in [-0.05, 0) is 30.6 Å². The van der Waals surface area contributed by atoms with Crippen LogP contribution in [0.5, 0.6) is 0 Å². The van der Waals surface area contributed by atoms with E-state index in [4.69, 9.17) is 4.52 Å². The van der Waals surface area contributed by atoms with Crippen LogP contribution in [0.1, 0.15) is 48.9 Å². The summed E-state index contributed by atoms with van der Waals surface area (Å²) in [6.45, 7) is 9.85. The summed E-state index contributed by atoms with van der Waals surface area (Å²) in [5.41, 5.74) is 3.71. The molecule has 0 bridgehead atoms. The molecule has 0 radical (unpaired) electrons. The van der Waals surface area contributed by atoms with Crippen molar-refractivity contribution in [2.24, 2.45) is 11.8 Å². The summed E-state index contributed by atoms with van der Waals surface area (Å²) < 4.78 is 5.52. The summed E-state index contributed by atoms with van der Waals surface area (Å²) >= 11 is 0. The summed E-state index contributed by atoms with van der Waals surface area (Å²) in [5, 5.41) is 4.34. The van der Waals surface area contributed by atoms with E-state index in [2.05, 4.69) is 44.8 Å². The Morgan fingerprint density at radius 2 is 1.92 bits per heavy atom. The Hall–Kier alpha value is -1.95. The normalized spacial score (nSPS) is 25.3. The van der Waals surface area contributed by atoms with Crippen LogP contribution in [-0.2, 0) is 19.4 Å². The Bertz CT molecular complexity index is 787. The van der Waals surface area contributed by atoms with Crippen LogP contribution >= 0.6 is 0 Å². The van der Waals surface area contributed by atoms with E-state index in [1.165, 1.54) is 17.7 Å². The molecular formula is C20H27N5O. The number of fused-ring (bicyclic) bond motifs is 2. The maximum atomic E-state index is 5.52. The van der Waals surface area contributed by atoms with Gasteiger partial charge in [0.25, 0.3) is 0 Å². The first-order chi connectivity index (χ1) is 12.7. The van der Waals surface area contributed by atoms with Crippen LogP contribution in [0.4, 0.5) is 5.82 Å². The summed E-state index contributed by atoms with van der Waals surface area (Å²) in [4.78, 5) is 14.0. The van der Waals surface area contributed by atoms with E-state index in [0.29, 0.717) is 5.92 Å². The van der Waals surface area contributed by atoms with E-state index >= 15 is 0 Å². The molecule has 3 aliphatic rings. The summed E-state index contributed by atoms with van der Waals surface area (Å²) in [7, 11) is 0. The highest BCUT2D eigenvalue weighted by molar-refractivity contribution is 5.41. The van der Waals surface area contributed by atoms with Crippen LogP contribution in [-0.4, -0.2) is 46.2 Å². The van der Waals surface area contributed by atoms with Gasteiger partial charge < -0.3 is 9.42 Å². The Kier molecular flexibility index (Phi) is 3.96. The molecule has 2 aliphatic heterocycles. The number of rotatable bonds is 4. The highest BCUT2D eigenvalue weighted by Crippen LogP contribution is 2.35. The molecule has 5 rings (SSSR count). The predicted octanol–water partition coefficient (Wildman–Crippen LogP) is 2.64. The monoisotopic (exact) mass is 353 g/mol. The molecule has 2 saturated heterocycles. The van der Waals surface area contributed by atoms with Crippen LogP contribution in [0.3, 0.4) is 0 Å². The number of likely N-dealkylation sites (tertiary alicyclic amines) is 1. The molecule has 2 aromatic heterocycles. The van der Waals surface area contributed by atoms with E-state index in [9.17, 15) is 0 Å². The molecule has 6 heteroatoms. The van der Waals surface area contributed by atoms with Gasteiger partial charge in [0.1, 0.15) is 23.6 Å². The van der Waals surface area contributed by atoms with Crippen molar-refractivity contribution < 1.29 is 4.52 Å². The highest BCUT2D eigenvalue weighted by atomic mass is 16.5. The maximum absolute atomic E-state index is 5.52. The average molecular weight is 353 g/mol. The standard InChI is InChI=1S/C20H27N5O/c1-13(2)17-6-20(22-12-21-17)25-9-14-7-24(8-15(14)10-25)11-18-16-4-3-5-19(16)26-23-18/h6,12-15H,3-5,7-11H2,1-2H3. The van der Waals surface area contributed by atoms with Gasteiger partial charge in [-0.3, -0.25) is 4.90 Å². The molecular weight excluding hydrogens is 326 g/mol. The molecule has 2 fully saturated rings. The lowest BCUT2D eigenvalue weighted by molar-refractivity contribution is 0.291. The zero-order valence-corrected chi connectivity index (χ0v) is 15.7. The van der Waals surface area contributed by atoms with E-state index in [0.717, 1.165) is 74.7 Å². The van der Waals surface area contributed by atoms with Gasteiger partial charge in [-0.1, -0.05) is 19.0 Å². The lowest BCUT2D eigenvalue weighted by atomic mass is 10.0. The molecule has 2 atom stereocenters. The van der Waals surface area contributed by atoms with Crippen LogP contribution in [0.2, 0.25) is 0 Å². The Balaban J connectivity index is 1.23. The van der Waals surface area contributed by atoms with Crippen molar-refractivity contribution in [2.45, 2.75) is 45.6 Å². The second kappa shape index (κ2) is 6.34. The van der Waals surface area contributed by atoms with Crippen molar-refractivity contribution >= 4 is 5.82 Å². The van der Waals surface area contributed by atoms with Gasteiger partial charge in [-0.25, -0.2) is 9.97 Å². The Morgan fingerprint density at radius 3 is 2.69 bits per heavy atom. The van der Waals surface area contributed by atoms with Crippen molar-refractivity contribution in [3.05, 3.63) is 35.1 Å². The molecule has 138 valence electrons. The molecule has 1 aliphatic carbocycles. The van der Waals surface area contributed by atoms with E-state index in [1.54, 1.807) is 6.33 Å². The second-order valence-corrected chi connectivity index (χ2v) is 8.46. The minimum Gasteiger partial charge on any atom is -0.361 e. The minimum atomic E-state index is 0.443. The van der Waals surface area contributed by atoms with Gasteiger partial charge in [-0.15, -0.1) is 0 Å². The van der Waals surface area contributed by atoms with Crippen molar-refractivity contribution in [2.75, 3.05) is 31.1 Å². The van der Waals surface area contributed by atoms with Gasteiger partial charge in [-0.2, -0.15) is 0 Å². The van der Waals surface area contributed by atoms with Crippen molar-refractivity contribution in [3.8, 4) is 0 Å². The SMILES string of the molecule is CC(C)c1cc(N2CC3CN(Cc4noc5c4CCC5)CC3C2)ncn1. The smallest absolute Gasteiger partial charge is 0.140 e. The summed E-state index contributed by atoms with van der Waals surface area (Å²) in [5.74, 6) is 4.13. The Morgan fingerprint density at radius 1 is 1.12 bits per heavy atom. The fraction of sp³-hybridized carbons (Fsp3) is 0.650. The maximum Gasteiger partial charge on any atom is 0.140 e. The molecule has 6 nitrogen and oxygen atoms in total.